The largest absolute Gasteiger partial charge is 0.550 e. The summed E-state index contributed by atoms with van der Waals surface area (Å²) in [5, 5.41) is 10.4. The lowest BCUT2D eigenvalue weighted by Gasteiger charge is -2.39. The number of nitrogens with zero attached hydrogens (tertiary/aromatic N) is 1. The summed E-state index contributed by atoms with van der Waals surface area (Å²) in [4.78, 5) is 23.4. The fourth-order valence-electron chi connectivity index (χ4n) is 1.60. The summed E-state index contributed by atoms with van der Waals surface area (Å²) in [5.74, 6) is -2.87. The van der Waals surface area contributed by atoms with E-state index in [1.54, 1.807) is 6.07 Å². The van der Waals surface area contributed by atoms with Crippen LogP contribution in [0.5, 0.6) is 0 Å². The summed E-state index contributed by atoms with van der Waals surface area (Å²) >= 11 is 0. The van der Waals surface area contributed by atoms with Crippen LogP contribution in [0, 0.1) is 11.7 Å². The van der Waals surface area contributed by atoms with Crippen LogP contribution in [0.4, 0.5) is 4.39 Å². The van der Waals surface area contributed by atoms with Gasteiger partial charge in [-0.2, -0.15) is 0 Å². The molecule has 1 aliphatic heterocycles. The molecular weight excluding hydrogens is 213 g/mol. The number of aliphatic carboxylic acids is 1. The zero-order valence-corrected chi connectivity index (χ0v) is 8.35. The number of halogens is 1. The third kappa shape index (κ3) is 1.76. The molecule has 1 heterocycles. The molecule has 1 aromatic rings. The van der Waals surface area contributed by atoms with Gasteiger partial charge in [-0.3, -0.25) is 4.79 Å². The number of amides is 1. The molecule has 0 spiro atoms. The Morgan fingerprint density at radius 3 is 2.50 bits per heavy atom. The molecule has 1 aliphatic rings. The second kappa shape index (κ2) is 3.92. The molecule has 84 valence electrons. The predicted octanol–water partition coefficient (Wildman–Crippen LogP) is -0.352. The van der Waals surface area contributed by atoms with Crippen molar-refractivity contribution in [2.75, 3.05) is 13.1 Å². The number of carboxylic acid groups (broad SMARTS) is 1. The van der Waals surface area contributed by atoms with Crippen LogP contribution in [0.2, 0.25) is 0 Å². The number of rotatable bonds is 2. The second-order valence-electron chi connectivity index (χ2n) is 3.71. The van der Waals surface area contributed by atoms with Crippen molar-refractivity contribution in [1.82, 2.24) is 4.90 Å². The minimum Gasteiger partial charge on any atom is -0.550 e. The lowest BCUT2D eigenvalue weighted by Crippen LogP contribution is -2.56. The van der Waals surface area contributed by atoms with Crippen molar-refractivity contribution in [3.63, 3.8) is 0 Å². The summed E-state index contributed by atoms with van der Waals surface area (Å²) in [5.41, 5.74) is -0.0284. The predicted molar refractivity (Wildman–Crippen MR) is 50.8 cm³/mol. The van der Waals surface area contributed by atoms with Gasteiger partial charge < -0.3 is 14.8 Å². The maximum Gasteiger partial charge on any atom is 0.256 e. The Morgan fingerprint density at radius 1 is 1.31 bits per heavy atom. The molecule has 5 heteroatoms. The van der Waals surface area contributed by atoms with E-state index in [4.69, 9.17) is 0 Å². The molecular formula is C11H9FNO3-. The summed E-state index contributed by atoms with van der Waals surface area (Å²) in [6.07, 6.45) is 0. The summed E-state index contributed by atoms with van der Waals surface area (Å²) < 4.78 is 13.2. The minimum absolute atomic E-state index is 0.0284. The van der Waals surface area contributed by atoms with Crippen molar-refractivity contribution in [1.29, 1.82) is 0 Å². The first-order valence-electron chi connectivity index (χ1n) is 4.84. The minimum atomic E-state index is -1.17. The van der Waals surface area contributed by atoms with Crippen LogP contribution >= 0.6 is 0 Å². The average Bonchev–Trinajstić information content (AvgIpc) is 2.15. The first-order valence-corrected chi connectivity index (χ1v) is 4.84. The topological polar surface area (TPSA) is 60.4 Å². The number of likely N-dealkylation sites (tertiary alicyclic amines) is 1. The first kappa shape index (κ1) is 10.6. The van der Waals surface area contributed by atoms with Crippen LogP contribution in [0.3, 0.4) is 0 Å². The van der Waals surface area contributed by atoms with Crippen LogP contribution < -0.4 is 5.11 Å². The lowest BCUT2D eigenvalue weighted by molar-refractivity contribution is -0.314. The summed E-state index contributed by atoms with van der Waals surface area (Å²) in [6, 6.07) is 5.63. The Kier molecular flexibility index (Phi) is 2.60. The molecule has 1 amide bonds. The van der Waals surface area contributed by atoms with Crippen LogP contribution in [0.1, 0.15) is 10.4 Å². The molecule has 0 atom stereocenters. The molecule has 0 saturated carbocycles. The third-order valence-corrected chi connectivity index (χ3v) is 2.61. The maximum atomic E-state index is 13.2. The lowest BCUT2D eigenvalue weighted by atomic mass is 9.99. The normalized spacial score (nSPS) is 15.7. The van der Waals surface area contributed by atoms with Gasteiger partial charge in [0.15, 0.2) is 0 Å². The fourth-order valence-corrected chi connectivity index (χ4v) is 1.60. The second-order valence-corrected chi connectivity index (χ2v) is 3.71. The Hall–Kier alpha value is -1.91. The van der Waals surface area contributed by atoms with Gasteiger partial charge in [0.1, 0.15) is 5.82 Å². The van der Waals surface area contributed by atoms with E-state index >= 15 is 0 Å². The van der Waals surface area contributed by atoms with Gasteiger partial charge in [-0.25, -0.2) is 4.39 Å². The molecule has 1 fully saturated rings. The number of hydrogen-bond acceptors (Lipinski definition) is 3. The molecule has 2 rings (SSSR count). The standard InChI is InChI=1S/C11H10FNO3/c12-9-4-2-1-3-8(9)10(14)13-5-7(6-13)11(15)16/h1-4,7H,5-6H2,(H,15,16)/p-1. The molecule has 0 N–H and O–H groups in total. The van der Waals surface area contributed by atoms with Crippen LogP contribution in [-0.2, 0) is 4.79 Å². The maximum absolute atomic E-state index is 13.2. The molecule has 1 aromatic carbocycles. The Morgan fingerprint density at radius 2 is 1.94 bits per heavy atom. The SMILES string of the molecule is O=C([O-])C1CN(C(=O)c2ccccc2F)C1. The van der Waals surface area contributed by atoms with E-state index in [-0.39, 0.29) is 18.7 Å². The number of carbonyl (C=O) groups excluding carboxylic acids is 2. The third-order valence-electron chi connectivity index (χ3n) is 2.61. The molecule has 1 saturated heterocycles. The quantitative estimate of drug-likeness (QED) is 0.687. The molecule has 4 nitrogen and oxygen atoms in total. The molecule has 0 aliphatic carbocycles. The highest BCUT2D eigenvalue weighted by atomic mass is 19.1. The van der Waals surface area contributed by atoms with Crippen molar-refractivity contribution in [3.8, 4) is 0 Å². The monoisotopic (exact) mass is 222 g/mol. The van der Waals surface area contributed by atoms with E-state index in [2.05, 4.69) is 0 Å². The molecule has 0 bridgehead atoms. The van der Waals surface area contributed by atoms with Gasteiger partial charge in [0, 0.05) is 25.0 Å². The zero-order chi connectivity index (χ0) is 11.7. The van der Waals surface area contributed by atoms with E-state index in [9.17, 15) is 19.1 Å². The van der Waals surface area contributed by atoms with Gasteiger partial charge in [0.25, 0.3) is 5.91 Å². The van der Waals surface area contributed by atoms with E-state index in [1.807, 2.05) is 0 Å². The van der Waals surface area contributed by atoms with Gasteiger partial charge >= 0.3 is 0 Å². The van der Waals surface area contributed by atoms with Crippen molar-refractivity contribution < 1.29 is 19.1 Å². The van der Waals surface area contributed by atoms with Crippen molar-refractivity contribution in [2.24, 2.45) is 5.92 Å². The van der Waals surface area contributed by atoms with Gasteiger partial charge in [-0.05, 0) is 12.1 Å². The number of carboxylic acids is 1. The molecule has 0 radical (unpaired) electrons. The zero-order valence-electron chi connectivity index (χ0n) is 8.35. The molecule has 16 heavy (non-hydrogen) atoms. The Labute approximate surface area is 91.3 Å². The van der Waals surface area contributed by atoms with Gasteiger partial charge in [-0.15, -0.1) is 0 Å². The van der Waals surface area contributed by atoms with Crippen LogP contribution in [0.25, 0.3) is 0 Å². The van der Waals surface area contributed by atoms with Crippen LogP contribution in [0.15, 0.2) is 24.3 Å². The van der Waals surface area contributed by atoms with Crippen molar-refractivity contribution in [3.05, 3.63) is 35.6 Å². The molecule has 0 unspecified atom stereocenters. The summed E-state index contributed by atoms with van der Waals surface area (Å²) in [7, 11) is 0. The van der Waals surface area contributed by atoms with Crippen LogP contribution in [-0.4, -0.2) is 29.9 Å². The fraction of sp³-hybridized carbons (Fsp3) is 0.273. The Balaban J connectivity index is 2.06. The van der Waals surface area contributed by atoms with Gasteiger partial charge in [0.05, 0.1) is 5.56 Å². The molecule has 0 aromatic heterocycles. The summed E-state index contributed by atoms with van der Waals surface area (Å²) in [6.45, 7) is 0.186. The number of hydrogen-bond donors (Lipinski definition) is 0. The smallest absolute Gasteiger partial charge is 0.256 e. The van der Waals surface area contributed by atoms with Crippen molar-refractivity contribution in [2.45, 2.75) is 0 Å². The highest BCUT2D eigenvalue weighted by Gasteiger charge is 2.32. The Bertz CT molecular complexity index is 441. The average molecular weight is 222 g/mol. The number of benzene rings is 1. The van der Waals surface area contributed by atoms with Gasteiger partial charge in [-0.1, -0.05) is 12.1 Å². The highest BCUT2D eigenvalue weighted by molar-refractivity contribution is 5.95. The number of carbonyl (C=O) groups is 2. The van der Waals surface area contributed by atoms with E-state index in [0.29, 0.717) is 0 Å². The van der Waals surface area contributed by atoms with Gasteiger partial charge in [0.2, 0.25) is 0 Å². The van der Waals surface area contributed by atoms with E-state index in [0.717, 1.165) is 0 Å². The highest BCUT2D eigenvalue weighted by Crippen LogP contribution is 2.19. The van der Waals surface area contributed by atoms with E-state index < -0.39 is 23.6 Å². The first-order chi connectivity index (χ1) is 7.59. The van der Waals surface area contributed by atoms with Crippen molar-refractivity contribution >= 4 is 11.9 Å². The van der Waals surface area contributed by atoms with E-state index in [1.165, 1.54) is 23.1 Å².